The zero-order valence-electron chi connectivity index (χ0n) is 11.1. The van der Waals surface area contributed by atoms with E-state index >= 15 is 0 Å². The third kappa shape index (κ3) is 4.27. The van der Waals surface area contributed by atoms with E-state index in [0.717, 1.165) is 5.56 Å². The van der Waals surface area contributed by atoms with E-state index in [1.807, 2.05) is 0 Å². The van der Waals surface area contributed by atoms with Crippen LogP contribution >= 0.6 is 34.8 Å². The number of halogens is 3. The van der Waals surface area contributed by atoms with Gasteiger partial charge in [-0.05, 0) is 36.8 Å². The van der Waals surface area contributed by atoms with Crippen LogP contribution in [0.25, 0.3) is 0 Å². The first kappa shape index (κ1) is 16.0. The second-order valence-corrected chi connectivity index (χ2v) is 5.60. The smallest absolute Gasteiger partial charge is 0.262 e. The molecule has 2 aromatic carbocycles. The van der Waals surface area contributed by atoms with Crippen LogP contribution in [0.4, 0.5) is 5.69 Å². The highest BCUT2D eigenvalue weighted by molar-refractivity contribution is 6.35. The fourth-order valence-corrected chi connectivity index (χ4v) is 2.59. The van der Waals surface area contributed by atoms with Gasteiger partial charge < -0.3 is 10.1 Å². The first-order chi connectivity index (χ1) is 9.97. The summed E-state index contributed by atoms with van der Waals surface area (Å²) in [7, 11) is 0. The van der Waals surface area contributed by atoms with Crippen LogP contribution in [0.5, 0.6) is 5.75 Å². The maximum atomic E-state index is 11.9. The Kier molecular flexibility index (Phi) is 5.34. The second-order valence-electron chi connectivity index (χ2n) is 4.35. The van der Waals surface area contributed by atoms with E-state index < -0.39 is 0 Å². The minimum atomic E-state index is -0.325. The summed E-state index contributed by atoms with van der Waals surface area (Å²) < 4.78 is 5.45. The summed E-state index contributed by atoms with van der Waals surface area (Å²) in [6.07, 6.45) is 0. The van der Waals surface area contributed by atoms with Crippen LogP contribution in [-0.2, 0) is 4.79 Å². The quantitative estimate of drug-likeness (QED) is 0.850. The van der Waals surface area contributed by atoms with E-state index in [1.54, 1.807) is 43.3 Å². The maximum absolute atomic E-state index is 11.9. The van der Waals surface area contributed by atoms with Crippen molar-refractivity contribution >= 4 is 46.4 Å². The number of para-hydroxylation sites is 1. The van der Waals surface area contributed by atoms with Crippen LogP contribution in [0.15, 0.2) is 36.4 Å². The normalized spacial score (nSPS) is 10.3. The molecular formula is C15H12Cl3NO2. The number of rotatable bonds is 4. The molecule has 1 N–H and O–H groups in total. The Balaban J connectivity index is 2.01. The first-order valence-corrected chi connectivity index (χ1v) is 7.23. The molecule has 0 aromatic heterocycles. The number of hydrogen-bond acceptors (Lipinski definition) is 2. The van der Waals surface area contributed by atoms with Crippen molar-refractivity contribution in [1.29, 1.82) is 0 Å². The highest BCUT2D eigenvalue weighted by Gasteiger charge is 2.11. The van der Waals surface area contributed by atoms with Gasteiger partial charge in [-0.15, -0.1) is 0 Å². The average Bonchev–Trinajstić information content (AvgIpc) is 2.40. The number of hydrogen-bond donors (Lipinski definition) is 1. The predicted octanol–water partition coefficient (Wildman–Crippen LogP) is 4.97. The Hall–Kier alpha value is -1.42. The van der Waals surface area contributed by atoms with Gasteiger partial charge >= 0.3 is 0 Å². The Morgan fingerprint density at radius 1 is 1.14 bits per heavy atom. The number of carbonyl (C=O) groups is 1. The maximum Gasteiger partial charge on any atom is 0.262 e. The van der Waals surface area contributed by atoms with Crippen LogP contribution in [0.1, 0.15) is 5.56 Å². The van der Waals surface area contributed by atoms with E-state index in [2.05, 4.69) is 5.32 Å². The van der Waals surface area contributed by atoms with E-state index in [4.69, 9.17) is 39.5 Å². The molecule has 21 heavy (non-hydrogen) atoms. The highest BCUT2D eigenvalue weighted by atomic mass is 35.5. The van der Waals surface area contributed by atoms with Gasteiger partial charge in [-0.2, -0.15) is 0 Å². The molecule has 0 aliphatic rings. The lowest BCUT2D eigenvalue weighted by atomic mass is 10.2. The van der Waals surface area contributed by atoms with Gasteiger partial charge in [-0.3, -0.25) is 4.79 Å². The lowest BCUT2D eigenvalue weighted by Crippen LogP contribution is -2.20. The summed E-state index contributed by atoms with van der Waals surface area (Å²) in [5.74, 6) is 0.115. The molecule has 2 aromatic rings. The Bertz CT molecular complexity index is 651. The van der Waals surface area contributed by atoms with Gasteiger partial charge in [0.15, 0.2) is 6.61 Å². The number of aryl methyl sites for hydroxylation is 1. The number of nitrogens with one attached hydrogen (secondary N) is 1. The van der Waals surface area contributed by atoms with Crippen molar-refractivity contribution in [2.75, 3.05) is 11.9 Å². The molecular weight excluding hydrogens is 333 g/mol. The van der Waals surface area contributed by atoms with Crippen LogP contribution in [0.2, 0.25) is 15.1 Å². The molecule has 1 amide bonds. The Morgan fingerprint density at radius 3 is 2.52 bits per heavy atom. The van der Waals surface area contributed by atoms with Crippen molar-refractivity contribution < 1.29 is 9.53 Å². The number of ether oxygens (including phenoxy) is 1. The summed E-state index contributed by atoms with van der Waals surface area (Å²) in [6, 6.07) is 10.2. The molecule has 110 valence electrons. The summed E-state index contributed by atoms with van der Waals surface area (Å²) in [6.45, 7) is 1.63. The third-order valence-corrected chi connectivity index (χ3v) is 3.52. The van der Waals surface area contributed by atoms with E-state index in [0.29, 0.717) is 26.5 Å². The van der Waals surface area contributed by atoms with Gasteiger partial charge in [0.25, 0.3) is 5.91 Å². The molecule has 0 bridgehead atoms. The number of carbonyl (C=O) groups excluding carboxylic acids is 1. The molecule has 0 saturated heterocycles. The first-order valence-electron chi connectivity index (χ1n) is 6.10. The predicted molar refractivity (Wildman–Crippen MR) is 86.8 cm³/mol. The standard InChI is InChI=1S/C15H12Cl3NO2/c1-9-6-10(16)7-12(18)15(9)21-8-14(20)19-13-5-3-2-4-11(13)17/h2-7H,8H2,1H3,(H,19,20). The lowest BCUT2D eigenvalue weighted by Gasteiger charge is -2.12. The Morgan fingerprint density at radius 2 is 1.86 bits per heavy atom. The fraction of sp³-hybridized carbons (Fsp3) is 0.133. The van der Waals surface area contributed by atoms with Crippen molar-refractivity contribution in [3.63, 3.8) is 0 Å². The molecule has 0 saturated carbocycles. The van der Waals surface area contributed by atoms with Crippen molar-refractivity contribution in [3.8, 4) is 5.75 Å². The summed E-state index contributed by atoms with van der Waals surface area (Å²) in [4.78, 5) is 11.9. The molecule has 0 fully saturated rings. The van der Waals surface area contributed by atoms with Gasteiger partial charge in [0.2, 0.25) is 0 Å². The number of amides is 1. The molecule has 0 spiro atoms. The molecule has 0 heterocycles. The zero-order chi connectivity index (χ0) is 15.4. The fourth-order valence-electron chi connectivity index (χ4n) is 1.76. The molecule has 2 rings (SSSR count). The molecule has 0 unspecified atom stereocenters. The largest absolute Gasteiger partial charge is 0.482 e. The molecule has 0 radical (unpaired) electrons. The molecule has 0 aliphatic heterocycles. The molecule has 0 aliphatic carbocycles. The van der Waals surface area contributed by atoms with E-state index in [1.165, 1.54) is 0 Å². The summed E-state index contributed by atoms with van der Waals surface area (Å²) in [5, 5.41) is 4.02. The lowest BCUT2D eigenvalue weighted by molar-refractivity contribution is -0.118. The molecule has 0 atom stereocenters. The molecule has 3 nitrogen and oxygen atoms in total. The Labute approximate surface area is 137 Å². The number of benzene rings is 2. The zero-order valence-corrected chi connectivity index (χ0v) is 13.4. The SMILES string of the molecule is Cc1cc(Cl)cc(Cl)c1OCC(=O)Nc1ccccc1Cl. The molecule has 6 heteroatoms. The summed E-state index contributed by atoms with van der Waals surface area (Å²) in [5.41, 5.74) is 1.30. The van der Waals surface area contributed by atoms with Crippen molar-refractivity contribution in [2.45, 2.75) is 6.92 Å². The van der Waals surface area contributed by atoms with Crippen LogP contribution in [0, 0.1) is 6.92 Å². The van der Waals surface area contributed by atoms with Crippen LogP contribution < -0.4 is 10.1 Å². The van der Waals surface area contributed by atoms with Gasteiger partial charge in [0, 0.05) is 5.02 Å². The van der Waals surface area contributed by atoms with Gasteiger partial charge in [-0.25, -0.2) is 0 Å². The van der Waals surface area contributed by atoms with Gasteiger partial charge in [-0.1, -0.05) is 46.9 Å². The van der Waals surface area contributed by atoms with E-state index in [9.17, 15) is 4.79 Å². The average molecular weight is 345 g/mol. The minimum absolute atomic E-state index is 0.173. The van der Waals surface area contributed by atoms with Gasteiger partial charge in [0.05, 0.1) is 15.7 Å². The highest BCUT2D eigenvalue weighted by Crippen LogP contribution is 2.31. The second kappa shape index (κ2) is 7.03. The monoisotopic (exact) mass is 343 g/mol. The van der Waals surface area contributed by atoms with Crippen molar-refractivity contribution in [1.82, 2.24) is 0 Å². The van der Waals surface area contributed by atoms with E-state index in [-0.39, 0.29) is 12.5 Å². The van der Waals surface area contributed by atoms with Gasteiger partial charge in [0.1, 0.15) is 5.75 Å². The summed E-state index contributed by atoms with van der Waals surface area (Å²) >= 11 is 17.9. The number of anilines is 1. The van der Waals surface area contributed by atoms with Crippen LogP contribution in [-0.4, -0.2) is 12.5 Å². The van der Waals surface area contributed by atoms with Crippen LogP contribution in [0.3, 0.4) is 0 Å². The third-order valence-electron chi connectivity index (χ3n) is 2.69. The minimum Gasteiger partial charge on any atom is -0.482 e. The topological polar surface area (TPSA) is 38.3 Å². The van der Waals surface area contributed by atoms with Crippen molar-refractivity contribution in [2.24, 2.45) is 0 Å². The van der Waals surface area contributed by atoms with Crippen molar-refractivity contribution in [3.05, 3.63) is 57.0 Å².